The molecule has 98 valence electrons. The Kier molecular flexibility index (Phi) is 3.84. The summed E-state index contributed by atoms with van der Waals surface area (Å²) >= 11 is 0. The number of carbonyl (C=O) groups is 1. The highest BCUT2D eigenvalue weighted by atomic mass is 19.1. The number of halogens is 1. The van der Waals surface area contributed by atoms with Gasteiger partial charge in [-0.15, -0.1) is 0 Å². The summed E-state index contributed by atoms with van der Waals surface area (Å²) in [7, 11) is 0. The fourth-order valence-corrected chi connectivity index (χ4v) is 2.16. The van der Waals surface area contributed by atoms with Crippen LogP contribution >= 0.6 is 0 Å². The number of likely N-dealkylation sites (tertiary alicyclic amines) is 1. The van der Waals surface area contributed by atoms with Gasteiger partial charge in [0.15, 0.2) is 0 Å². The first kappa shape index (κ1) is 12.9. The molecule has 0 aliphatic carbocycles. The molecule has 1 aliphatic rings. The molecule has 0 radical (unpaired) electrons. The van der Waals surface area contributed by atoms with Crippen molar-refractivity contribution in [3.05, 3.63) is 35.1 Å². The summed E-state index contributed by atoms with van der Waals surface area (Å²) in [5, 5.41) is 2.91. The second-order valence-electron chi connectivity index (χ2n) is 4.87. The van der Waals surface area contributed by atoms with Gasteiger partial charge in [0, 0.05) is 13.1 Å². The minimum atomic E-state index is -0.227. The van der Waals surface area contributed by atoms with Crippen LogP contribution in [0.1, 0.15) is 36.9 Å². The molecule has 0 bridgehead atoms. The fraction of sp³-hybridized carbons (Fsp3) is 0.500. The predicted octanol–water partition coefficient (Wildman–Crippen LogP) is 3.00. The van der Waals surface area contributed by atoms with Crippen molar-refractivity contribution in [2.75, 3.05) is 13.1 Å². The molecule has 4 heteroatoms. The molecular weight excluding hydrogens is 231 g/mol. The van der Waals surface area contributed by atoms with Gasteiger partial charge in [0.05, 0.1) is 6.04 Å². The van der Waals surface area contributed by atoms with Gasteiger partial charge in [-0.05, 0) is 43.9 Å². The van der Waals surface area contributed by atoms with E-state index < -0.39 is 0 Å². The lowest BCUT2D eigenvalue weighted by Crippen LogP contribution is -2.39. The highest BCUT2D eigenvalue weighted by Gasteiger charge is 2.19. The van der Waals surface area contributed by atoms with E-state index in [0.717, 1.165) is 31.5 Å². The maximum atomic E-state index is 13.5. The number of carbonyl (C=O) groups excluding carboxylic acids is 1. The van der Waals surface area contributed by atoms with Gasteiger partial charge in [0.1, 0.15) is 5.82 Å². The first-order valence-electron chi connectivity index (χ1n) is 6.39. The van der Waals surface area contributed by atoms with Crippen LogP contribution in [0.15, 0.2) is 18.2 Å². The molecule has 18 heavy (non-hydrogen) atoms. The number of amides is 2. The fourth-order valence-electron chi connectivity index (χ4n) is 2.16. The molecule has 2 rings (SSSR count). The lowest BCUT2D eigenvalue weighted by Gasteiger charge is -2.21. The van der Waals surface area contributed by atoms with Gasteiger partial charge in [-0.3, -0.25) is 0 Å². The van der Waals surface area contributed by atoms with Crippen LogP contribution in [0.25, 0.3) is 0 Å². The molecule has 1 atom stereocenters. The maximum absolute atomic E-state index is 13.5. The number of rotatable bonds is 2. The third-order valence-corrected chi connectivity index (χ3v) is 3.43. The van der Waals surface area contributed by atoms with Gasteiger partial charge in [0.25, 0.3) is 0 Å². The normalized spacial score (nSPS) is 16.7. The van der Waals surface area contributed by atoms with Crippen molar-refractivity contribution in [1.29, 1.82) is 0 Å². The summed E-state index contributed by atoms with van der Waals surface area (Å²) in [6.07, 6.45) is 2.14. The highest BCUT2D eigenvalue weighted by Crippen LogP contribution is 2.17. The third kappa shape index (κ3) is 2.81. The molecule has 1 N–H and O–H groups in total. The summed E-state index contributed by atoms with van der Waals surface area (Å²) in [6, 6.07) is 4.86. The van der Waals surface area contributed by atoms with Crippen LogP contribution in [0, 0.1) is 12.7 Å². The van der Waals surface area contributed by atoms with E-state index in [4.69, 9.17) is 0 Å². The molecule has 1 fully saturated rings. The van der Waals surface area contributed by atoms with E-state index in [2.05, 4.69) is 5.32 Å². The quantitative estimate of drug-likeness (QED) is 0.859. The van der Waals surface area contributed by atoms with E-state index in [9.17, 15) is 9.18 Å². The smallest absolute Gasteiger partial charge is 0.317 e. The summed E-state index contributed by atoms with van der Waals surface area (Å²) in [5.74, 6) is -0.227. The maximum Gasteiger partial charge on any atom is 0.317 e. The SMILES string of the molecule is Cc1ccc(C(C)NC(=O)N2CCCC2)cc1F. The summed E-state index contributed by atoms with van der Waals surface area (Å²) in [4.78, 5) is 13.7. The Bertz CT molecular complexity index is 441. The molecule has 0 spiro atoms. The predicted molar refractivity (Wildman–Crippen MR) is 68.9 cm³/mol. The largest absolute Gasteiger partial charge is 0.331 e. The van der Waals surface area contributed by atoms with Crippen LogP contribution in [0.4, 0.5) is 9.18 Å². The third-order valence-electron chi connectivity index (χ3n) is 3.43. The van der Waals surface area contributed by atoms with Crippen molar-refractivity contribution < 1.29 is 9.18 Å². The molecule has 1 aromatic carbocycles. The first-order valence-corrected chi connectivity index (χ1v) is 6.39. The Morgan fingerprint density at radius 2 is 2.06 bits per heavy atom. The zero-order valence-electron chi connectivity index (χ0n) is 10.9. The van der Waals surface area contributed by atoms with Crippen molar-refractivity contribution in [2.45, 2.75) is 32.7 Å². The monoisotopic (exact) mass is 250 g/mol. The minimum Gasteiger partial charge on any atom is -0.331 e. The second-order valence-corrected chi connectivity index (χ2v) is 4.87. The van der Waals surface area contributed by atoms with Crippen molar-refractivity contribution in [2.24, 2.45) is 0 Å². The molecule has 1 unspecified atom stereocenters. The molecule has 0 saturated carbocycles. The van der Waals surface area contributed by atoms with Crippen LogP contribution in [0.5, 0.6) is 0 Å². The number of benzene rings is 1. The molecular formula is C14H19FN2O. The van der Waals surface area contributed by atoms with E-state index in [1.807, 2.05) is 13.0 Å². The topological polar surface area (TPSA) is 32.3 Å². The van der Waals surface area contributed by atoms with Crippen molar-refractivity contribution in [1.82, 2.24) is 10.2 Å². The van der Waals surface area contributed by atoms with Crippen molar-refractivity contribution >= 4 is 6.03 Å². The zero-order chi connectivity index (χ0) is 13.1. The Morgan fingerprint density at radius 1 is 1.39 bits per heavy atom. The Balaban J connectivity index is 2.00. The number of nitrogens with one attached hydrogen (secondary N) is 1. The van der Waals surface area contributed by atoms with Crippen LogP contribution in [-0.2, 0) is 0 Å². The van der Waals surface area contributed by atoms with Crippen LogP contribution in [0.2, 0.25) is 0 Å². The Hall–Kier alpha value is -1.58. The van der Waals surface area contributed by atoms with E-state index in [1.165, 1.54) is 6.07 Å². The molecule has 2 amide bonds. The molecule has 1 aromatic rings. The lowest BCUT2D eigenvalue weighted by atomic mass is 10.1. The number of aryl methyl sites for hydroxylation is 1. The lowest BCUT2D eigenvalue weighted by molar-refractivity contribution is 0.205. The van der Waals surface area contributed by atoms with E-state index >= 15 is 0 Å². The molecule has 3 nitrogen and oxygen atoms in total. The summed E-state index contributed by atoms with van der Waals surface area (Å²) in [5.41, 5.74) is 1.42. The van der Waals surface area contributed by atoms with Gasteiger partial charge in [-0.1, -0.05) is 12.1 Å². The van der Waals surface area contributed by atoms with Gasteiger partial charge < -0.3 is 10.2 Å². The van der Waals surface area contributed by atoms with E-state index in [1.54, 1.807) is 17.9 Å². The number of urea groups is 1. The van der Waals surface area contributed by atoms with Gasteiger partial charge in [-0.2, -0.15) is 0 Å². The molecule has 1 aliphatic heterocycles. The van der Waals surface area contributed by atoms with Gasteiger partial charge in [-0.25, -0.2) is 9.18 Å². The molecule has 1 saturated heterocycles. The Morgan fingerprint density at radius 3 is 2.67 bits per heavy atom. The van der Waals surface area contributed by atoms with Crippen LogP contribution in [0.3, 0.4) is 0 Å². The average Bonchev–Trinajstić information content (AvgIpc) is 2.86. The standard InChI is InChI=1S/C14H19FN2O/c1-10-5-6-12(9-13(10)15)11(2)16-14(18)17-7-3-4-8-17/h5-6,9,11H,3-4,7-8H2,1-2H3,(H,16,18). The second kappa shape index (κ2) is 5.38. The Labute approximate surface area is 107 Å². The summed E-state index contributed by atoms with van der Waals surface area (Å²) in [6.45, 7) is 5.24. The van der Waals surface area contributed by atoms with E-state index in [-0.39, 0.29) is 17.9 Å². The van der Waals surface area contributed by atoms with Crippen molar-refractivity contribution in [3.8, 4) is 0 Å². The minimum absolute atomic E-state index is 0.0546. The first-order chi connectivity index (χ1) is 8.58. The zero-order valence-corrected chi connectivity index (χ0v) is 10.9. The van der Waals surface area contributed by atoms with Crippen LogP contribution in [-0.4, -0.2) is 24.0 Å². The highest BCUT2D eigenvalue weighted by molar-refractivity contribution is 5.74. The number of hydrogen-bond acceptors (Lipinski definition) is 1. The molecule has 1 heterocycles. The number of hydrogen-bond donors (Lipinski definition) is 1. The molecule has 0 aromatic heterocycles. The van der Waals surface area contributed by atoms with Crippen molar-refractivity contribution in [3.63, 3.8) is 0 Å². The number of nitrogens with zero attached hydrogens (tertiary/aromatic N) is 1. The van der Waals surface area contributed by atoms with Crippen LogP contribution < -0.4 is 5.32 Å². The van der Waals surface area contributed by atoms with Gasteiger partial charge >= 0.3 is 6.03 Å². The summed E-state index contributed by atoms with van der Waals surface area (Å²) < 4.78 is 13.5. The van der Waals surface area contributed by atoms with E-state index in [0.29, 0.717) is 5.56 Å². The van der Waals surface area contributed by atoms with Gasteiger partial charge in [0.2, 0.25) is 0 Å². The average molecular weight is 250 g/mol.